The Morgan fingerprint density at radius 1 is 1.08 bits per heavy atom. The van der Waals surface area contributed by atoms with E-state index in [1.165, 1.54) is 51.4 Å². The first kappa shape index (κ1) is 12.7. The molecule has 0 rings (SSSR count). The molecule has 0 aromatic carbocycles. The van der Waals surface area contributed by atoms with Crippen LogP contribution in [0.3, 0.4) is 0 Å². The molecule has 0 nitrogen and oxygen atoms in total. The van der Waals surface area contributed by atoms with E-state index < -0.39 is 0 Å². The summed E-state index contributed by atoms with van der Waals surface area (Å²) in [4.78, 5) is 0. The first-order valence-electron chi connectivity index (χ1n) is 5.92. The quantitative estimate of drug-likeness (QED) is 0.349. The summed E-state index contributed by atoms with van der Waals surface area (Å²) in [5.41, 5.74) is 0. The summed E-state index contributed by atoms with van der Waals surface area (Å²) in [6.07, 6.45) is 13.0. The summed E-state index contributed by atoms with van der Waals surface area (Å²) in [5, 5.41) is 0. The normalized spacial score (nSPS) is 12.8. The van der Waals surface area contributed by atoms with Crippen molar-refractivity contribution in [1.82, 2.24) is 0 Å². The van der Waals surface area contributed by atoms with Crippen LogP contribution in [0.2, 0.25) is 0 Å². The fourth-order valence-electron chi connectivity index (χ4n) is 1.64. The molecule has 0 aliphatic carbocycles. The van der Waals surface area contributed by atoms with Gasteiger partial charge in [0.05, 0.1) is 0 Å². The average molecular weight is 182 g/mol. The average Bonchev–Trinajstić information content (AvgIpc) is 2.14. The maximum Gasteiger partial charge on any atom is -0.0351 e. The van der Waals surface area contributed by atoms with E-state index >= 15 is 0 Å². The van der Waals surface area contributed by atoms with E-state index in [2.05, 4.69) is 20.4 Å². The molecule has 0 aliphatic heterocycles. The van der Waals surface area contributed by atoms with Gasteiger partial charge in [-0.25, -0.2) is 0 Å². The zero-order valence-electron chi connectivity index (χ0n) is 9.52. The predicted octanol–water partition coefficient (Wildman–Crippen LogP) is 4.95. The van der Waals surface area contributed by atoms with Crippen LogP contribution in [0.1, 0.15) is 65.2 Å². The molecule has 0 heterocycles. The van der Waals surface area contributed by atoms with Crippen molar-refractivity contribution < 1.29 is 0 Å². The van der Waals surface area contributed by atoms with Gasteiger partial charge in [-0.15, -0.1) is 6.58 Å². The lowest BCUT2D eigenvalue weighted by Crippen LogP contribution is -1.93. The van der Waals surface area contributed by atoms with Gasteiger partial charge in [-0.2, -0.15) is 0 Å². The predicted molar refractivity (Wildman–Crippen MR) is 62.0 cm³/mol. The van der Waals surface area contributed by atoms with Gasteiger partial charge < -0.3 is 0 Å². The van der Waals surface area contributed by atoms with Crippen molar-refractivity contribution in [3.63, 3.8) is 0 Å². The van der Waals surface area contributed by atoms with Gasteiger partial charge in [0.25, 0.3) is 0 Å². The fourth-order valence-corrected chi connectivity index (χ4v) is 1.64. The van der Waals surface area contributed by atoms with Crippen molar-refractivity contribution in [3.8, 4) is 0 Å². The minimum absolute atomic E-state index is 0.902. The highest BCUT2D eigenvalue weighted by Gasteiger charge is 1.99. The van der Waals surface area contributed by atoms with Crippen LogP contribution in [-0.2, 0) is 0 Å². The molecule has 0 heteroatoms. The number of hydrogen-bond donors (Lipinski definition) is 0. The first-order chi connectivity index (χ1) is 6.31. The molecule has 0 radical (unpaired) electrons. The Hall–Kier alpha value is -0.260. The third-order valence-corrected chi connectivity index (χ3v) is 2.66. The molecule has 78 valence electrons. The van der Waals surface area contributed by atoms with Crippen LogP contribution in [0, 0.1) is 5.92 Å². The summed E-state index contributed by atoms with van der Waals surface area (Å²) in [6, 6.07) is 0. The molecular weight excluding hydrogens is 156 g/mol. The molecule has 0 aliphatic rings. The molecule has 0 amide bonds. The summed E-state index contributed by atoms with van der Waals surface area (Å²) < 4.78 is 0. The maximum atomic E-state index is 3.75. The number of allylic oxidation sites excluding steroid dienone is 1. The smallest absolute Gasteiger partial charge is 0.0351 e. The van der Waals surface area contributed by atoms with E-state index in [0.717, 1.165) is 5.92 Å². The molecule has 0 fully saturated rings. The van der Waals surface area contributed by atoms with Crippen LogP contribution in [0.5, 0.6) is 0 Å². The second kappa shape index (κ2) is 9.83. The lowest BCUT2D eigenvalue weighted by molar-refractivity contribution is 0.461. The lowest BCUT2D eigenvalue weighted by Gasteiger charge is -2.08. The monoisotopic (exact) mass is 182 g/mol. The number of unbranched alkanes of at least 4 members (excludes halogenated alkanes) is 4. The van der Waals surface area contributed by atoms with Gasteiger partial charge in [0.15, 0.2) is 0 Å². The van der Waals surface area contributed by atoms with E-state index in [0.29, 0.717) is 0 Å². The van der Waals surface area contributed by atoms with Gasteiger partial charge in [0.1, 0.15) is 0 Å². The molecule has 0 saturated heterocycles. The molecule has 0 saturated carbocycles. The van der Waals surface area contributed by atoms with Crippen LogP contribution >= 0.6 is 0 Å². The van der Waals surface area contributed by atoms with Gasteiger partial charge in [0, 0.05) is 0 Å². The van der Waals surface area contributed by atoms with Crippen molar-refractivity contribution in [2.45, 2.75) is 65.2 Å². The molecule has 0 N–H and O–H groups in total. The summed E-state index contributed by atoms with van der Waals surface area (Å²) >= 11 is 0. The maximum absolute atomic E-state index is 3.75. The molecule has 0 aromatic rings. The van der Waals surface area contributed by atoms with Crippen LogP contribution in [-0.4, -0.2) is 0 Å². The molecule has 0 aromatic heterocycles. The summed E-state index contributed by atoms with van der Waals surface area (Å²) in [5.74, 6) is 0.902. The van der Waals surface area contributed by atoms with Crippen LogP contribution in [0.4, 0.5) is 0 Å². The van der Waals surface area contributed by atoms with Gasteiger partial charge in [0.2, 0.25) is 0 Å². The minimum atomic E-state index is 0.902. The van der Waals surface area contributed by atoms with E-state index in [1.54, 1.807) is 0 Å². The molecule has 1 atom stereocenters. The third-order valence-electron chi connectivity index (χ3n) is 2.66. The zero-order chi connectivity index (χ0) is 9.94. The van der Waals surface area contributed by atoms with Crippen LogP contribution < -0.4 is 0 Å². The van der Waals surface area contributed by atoms with Gasteiger partial charge >= 0.3 is 0 Å². The van der Waals surface area contributed by atoms with Crippen molar-refractivity contribution in [3.05, 3.63) is 12.7 Å². The van der Waals surface area contributed by atoms with E-state index in [4.69, 9.17) is 0 Å². The van der Waals surface area contributed by atoms with Gasteiger partial charge in [-0.1, -0.05) is 58.4 Å². The Bertz CT molecular complexity index is 105. The first-order valence-corrected chi connectivity index (χ1v) is 5.92. The van der Waals surface area contributed by atoms with E-state index in [1.807, 2.05) is 6.08 Å². The Labute approximate surface area is 84.4 Å². The standard InChI is InChI=1S/C13H26/c1-4-6-8-9-10-12-13(3)11-7-5-2/h5,13H,2,4,6-12H2,1,3H3. The second-order valence-electron chi connectivity index (χ2n) is 4.17. The molecule has 13 heavy (non-hydrogen) atoms. The SMILES string of the molecule is C=CCCC(C)CCCCCCC. The van der Waals surface area contributed by atoms with Gasteiger partial charge in [-0.3, -0.25) is 0 Å². The number of rotatable bonds is 9. The highest BCUT2D eigenvalue weighted by Crippen LogP contribution is 2.15. The fraction of sp³-hybridized carbons (Fsp3) is 0.846. The summed E-state index contributed by atoms with van der Waals surface area (Å²) in [6.45, 7) is 8.39. The highest BCUT2D eigenvalue weighted by atomic mass is 14.1. The lowest BCUT2D eigenvalue weighted by atomic mass is 9.98. The zero-order valence-corrected chi connectivity index (χ0v) is 9.52. The molecule has 0 bridgehead atoms. The topological polar surface area (TPSA) is 0 Å². The Kier molecular flexibility index (Phi) is 9.63. The Morgan fingerprint density at radius 2 is 1.77 bits per heavy atom. The second-order valence-corrected chi connectivity index (χ2v) is 4.17. The van der Waals surface area contributed by atoms with Gasteiger partial charge in [-0.05, 0) is 18.8 Å². The Balaban J connectivity index is 3.07. The van der Waals surface area contributed by atoms with Crippen molar-refractivity contribution in [1.29, 1.82) is 0 Å². The molecular formula is C13H26. The minimum Gasteiger partial charge on any atom is -0.103 e. The number of hydrogen-bond acceptors (Lipinski definition) is 0. The van der Waals surface area contributed by atoms with Crippen molar-refractivity contribution in [2.75, 3.05) is 0 Å². The third kappa shape index (κ3) is 9.66. The molecule has 0 spiro atoms. The van der Waals surface area contributed by atoms with Crippen LogP contribution in [0.15, 0.2) is 12.7 Å². The Morgan fingerprint density at radius 3 is 2.38 bits per heavy atom. The van der Waals surface area contributed by atoms with Crippen LogP contribution in [0.25, 0.3) is 0 Å². The highest BCUT2D eigenvalue weighted by molar-refractivity contribution is 4.68. The van der Waals surface area contributed by atoms with E-state index in [9.17, 15) is 0 Å². The summed E-state index contributed by atoms with van der Waals surface area (Å²) in [7, 11) is 0. The van der Waals surface area contributed by atoms with Crippen molar-refractivity contribution >= 4 is 0 Å². The van der Waals surface area contributed by atoms with Crippen molar-refractivity contribution in [2.24, 2.45) is 5.92 Å². The molecule has 1 unspecified atom stereocenters. The van der Waals surface area contributed by atoms with E-state index in [-0.39, 0.29) is 0 Å². The largest absolute Gasteiger partial charge is 0.103 e.